The second kappa shape index (κ2) is 6.64. The molecular weight excluding hydrogens is 332 g/mol. The largest absolute Gasteiger partial charge is 0.123 e. The van der Waals surface area contributed by atoms with E-state index in [1.807, 2.05) is 12.1 Å². The van der Waals surface area contributed by atoms with Crippen molar-refractivity contribution in [1.82, 2.24) is 0 Å². The van der Waals surface area contributed by atoms with Gasteiger partial charge in [0.25, 0.3) is 0 Å². The van der Waals surface area contributed by atoms with Crippen molar-refractivity contribution in [3.63, 3.8) is 0 Å². The smallest absolute Gasteiger partial charge is 0.0934 e. The Morgan fingerprint density at radius 1 is 0.458 bits per heavy atom. The molecule has 0 radical (unpaired) electrons. The molecule has 4 aromatic rings. The molecule has 3 aromatic carbocycles. The van der Waals surface area contributed by atoms with Gasteiger partial charge in [-0.1, -0.05) is 90.5 Å². The van der Waals surface area contributed by atoms with Crippen molar-refractivity contribution < 1.29 is 0 Å². The lowest BCUT2D eigenvalue weighted by atomic mass is 9.99. The quantitative estimate of drug-likeness (QED) is 0.362. The van der Waals surface area contributed by atoms with Gasteiger partial charge in [0, 0.05) is 4.88 Å². The van der Waals surface area contributed by atoms with Crippen molar-refractivity contribution in [2.75, 3.05) is 0 Å². The molecule has 0 amide bonds. The molecule has 4 rings (SSSR count). The predicted molar refractivity (Wildman–Crippen MR) is 106 cm³/mol. The summed E-state index contributed by atoms with van der Waals surface area (Å²) in [6.45, 7) is 0. The highest BCUT2D eigenvalue weighted by molar-refractivity contribution is 7.19. The molecule has 0 saturated heterocycles. The highest BCUT2D eigenvalue weighted by Gasteiger charge is 2.03. The van der Waals surface area contributed by atoms with Crippen LogP contribution in [0.25, 0.3) is 32.7 Å². The number of halogens is 1. The first kappa shape index (κ1) is 15.2. The molecule has 0 atom stereocenters. The molecule has 0 unspecified atom stereocenters. The Balaban J connectivity index is 1.60. The Kier molecular flexibility index (Phi) is 4.20. The van der Waals surface area contributed by atoms with Crippen LogP contribution in [-0.2, 0) is 0 Å². The summed E-state index contributed by atoms with van der Waals surface area (Å²) in [5.41, 5.74) is 6.14. The zero-order valence-corrected chi connectivity index (χ0v) is 14.5. The van der Waals surface area contributed by atoms with Gasteiger partial charge in [-0.2, -0.15) is 0 Å². The van der Waals surface area contributed by atoms with Gasteiger partial charge >= 0.3 is 0 Å². The molecule has 1 heterocycles. The average Bonchev–Trinajstić information content (AvgIpc) is 3.09. The van der Waals surface area contributed by atoms with Crippen LogP contribution in [0.2, 0.25) is 4.34 Å². The SMILES string of the molecule is Clc1ccc(-c2ccc(-c3ccc(-c4ccccc4)cc3)cc2)s1. The molecule has 0 nitrogen and oxygen atoms in total. The summed E-state index contributed by atoms with van der Waals surface area (Å²) in [4.78, 5) is 1.20. The van der Waals surface area contributed by atoms with Crippen LogP contribution >= 0.6 is 22.9 Å². The van der Waals surface area contributed by atoms with Gasteiger partial charge in [0.15, 0.2) is 0 Å². The first-order chi connectivity index (χ1) is 11.8. The highest BCUT2D eigenvalue weighted by Crippen LogP contribution is 2.32. The fourth-order valence-electron chi connectivity index (χ4n) is 2.78. The van der Waals surface area contributed by atoms with Crippen LogP contribution in [0, 0.1) is 0 Å². The maximum Gasteiger partial charge on any atom is 0.0934 e. The van der Waals surface area contributed by atoms with Crippen molar-refractivity contribution in [2.45, 2.75) is 0 Å². The number of hydrogen-bond donors (Lipinski definition) is 0. The number of hydrogen-bond acceptors (Lipinski definition) is 1. The second-order valence-corrected chi connectivity index (χ2v) is 7.34. The summed E-state index contributed by atoms with van der Waals surface area (Å²) in [5.74, 6) is 0. The maximum atomic E-state index is 6.02. The summed E-state index contributed by atoms with van der Waals surface area (Å²) in [7, 11) is 0. The highest BCUT2D eigenvalue weighted by atomic mass is 35.5. The molecule has 0 bridgehead atoms. The molecule has 116 valence electrons. The minimum absolute atomic E-state index is 0.825. The van der Waals surface area contributed by atoms with E-state index in [0.29, 0.717) is 0 Å². The Hall–Kier alpha value is -2.35. The van der Waals surface area contributed by atoms with Crippen molar-refractivity contribution in [3.05, 3.63) is 95.3 Å². The third-order valence-electron chi connectivity index (χ3n) is 4.07. The minimum Gasteiger partial charge on any atom is -0.123 e. The van der Waals surface area contributed by atoms with Crippen LogP contribution in [0.3, 0.4) is 0 Å². The molecule has 2 heteroatoms. The number of rotatable bonds is 3. The number of thiophene rings is 1. The van der Waals surface area contributed by atoms with Gasteiger partial charge in [-0.3, -0.25) is 0 Å². The van der Waals surface area contributed by atoms with Crippen LogP contribution in [0.15, 0.2) is 91.0 Å². The second-order valence-electron chi connectivity index (χ2n) is 5.62. The molecule has 0 aliphatic carbocycles. The van der Waals surface area contributed by atoms with Gasteiger partial charge in [-0.25, -0.2) is 0 Å². The Labute approximate surface area is 151 Å². The van der Waals surface area contributed by atoms with E-state index < -0.39 is 0 Å². The van der Waals surface area contributed by atoms with Crippen molar-refractivity contribution in [2.24, 2.45) is 0 Å². The standard InChI is InChI=1S/C22H15ClS/c23-22-15-14-21(24-22)20-12-10-19(11-13-20)18-8-6-17(7-9-18)16-4-2-1-3-5-16/h1-15H. The molecule has 0 fully saturated rings. The third-order valence-corrected chi connectivity index (χ3v) is 5.35. The van der Waals surface area contributed by atoms with Crippen LogP contribution < -0.4 is 0 Å². The number of benzene rings is 3. The lowest BCUT2D eigenvalue weighted by Gasteiger charge is -2.06. The van der Waals surface area contributed by atoms with E-state index in [4.69, 9.17) is 11.6 Å². The van der Waals surface area contributed by atoms with E-state index in [0.717, 1.165) is 4.34 Å². The fraction of sp³-hybridized carbons (Fsp3) is 0. The lowest BCUT2D eigenvalue weighted by Crippen LogP contribution is -1.81. The molecule has 24 heavy (non-hydrogen) atoms. The van der Waals surface area contributed by atoms with E-state index in [1.165, 1.54) is 32.7 Å². The zero-order valence-electron chi connectivity index (χ0n) is 12.9. The van der Waals surface area contributed by atoms with Crippen LogP contribution in [0.4, 0.5) is 0 Å². The fourth-order valence-corrected chi connectivity index (χ4v) is 3.83. The van der Waals surface area contributed by atoms with E-state index in [1.54, 1.807) is 11.3 Å². The van der Waals surface area contributed by atoms with Gasteiger partial charge < -0.3 is 0 Å². The zero-order chi connectivity index (χ0) is 16.4. The Bertz CT molecular complexity index is 935. The normalized spacial score (nSPS) is 10.7. The van der Waals surface area contributed by atoms with Gasteiger partial charge in [0.1, 0.15) is 0 Å². The topological polar surface area (TPSA) is 0 Å². The lowest BCUT2D eigenvalue weighted by molar-refractivity contribution is 1.59. The monoisotopic (exact) mass is 346 g/mol. The molecule has 0 N–H and O–H groups in total. The van der Waals surface area contributed by atoms with Gasteiger partial charge in [0.05, 0.1) is 4.34 Å². The Morgan fingerprint density at radius 3 is 1.38 bits per heavy atom. The molecule has 1 aromatic heterocycles. The van der Waals surface area contributed by atoms with E-state index in [9.17, 15) is 0 Å². The van der Waals surface area contributed by atoms with Gasteiger partial charge in [0.2, 0.25) is 0 Å². The average molecular weight is 347 g/mol. The van der Waals surface area contributed by atoms with Crippen molar-refractivity contribution in [1.29, 1.82) is 0 Å². The first-order valence-corrected chi connectivity index (χ1v) is 9.01. The maximum absolute atomic E-state index is 6.02. The summed E-state index contributed by atoms with van der Waals surface area (Å²) >= 11 is 7.63. The summed E-state index contributed by atoms with van der Waals surface area (Å²) in [5, 5.41) is 0. The van der Waals surface area contributed by atoms with Gasteiger partial charge in [-0.15, -0.1) is 11.3 Å². The minimum atomic E-state index is 0.825. The molecule has 0 saturated carbocycles. The summed E-state index contributed by atoms with van der Waals surface area (Å²) in [6.07, 6.45) is 0. The van der Waals surface area contributed by atoms with Crippen LogP contribution in [0.1, 0.15) is 0 Å². The van der Waals surface area contributed by atoms with E-state index in [-0.39, 0.29) is 0 Å². The van der Waals surface area contributed by atoms with Crippen LogP contribution in [-0.4, -0.2) is 0 Å². The molecular formula is C22H15ClS. The van der Waals surface area contributed by atoms with Gasteiger partial charge in [-0.05, 0) is 39.9 Å². The Morgan fingerprint density at radius 2 is 0.917 bits per heavy atom. The summed E-state index contributed by atoms with van der Waals surface area (Å²) in [6, 6.07) is 31.8. The van der Waals surface area contributed by atoms with Crippen molar-refractivity contribution >= 4 is 22.9 Å². The first-order valence-electron chi connectivity index (χ1n) is 7.81. The third kappa shape index (κ3) is 3.14. The summed E-state index contributed by atoms with van der Waals surface area (Å²) < 4.78 is 0.825. The van der Waals surface area contributed by atoms with Crippen molar-refractivity contribution in [3.8, 4) is 32.7 Å². The molecule has 0 aliphatic rings. The predicted octanol–water partition coefficient (Wildman–Crippen LogP) is 7.40. The van der Waals surface area contributed by atoms with E-state index in [2.05, 4.69) is 78.9 Å². The molecule has 0 spiro atoms. The van der Waals surface area contributed by atoms with Crippen LogP contribution in [0.5, 0.6) is 0 Å². The van der Waals surface area contributed by atoms with E-state index >= 15 is 0 Å². The molecule has 0 aliphatic heterocycles.